The number of carbonyl (C=O) groups excluding carboxylic acids is 1. The molecule has 1 atom stereocenters. The Morgan fingerprint density at radius 2 is 1.70 bits per heavy atom. The summed E-state index contributed by atoms with van der Waals surface area (Å²) in [6.07, 6.45) is 2.02. The zero-order valence-corrected chi connectivity index (χ0v) is 24.1. The Balaban J connectivity index is 0.00000186. The molecule has 0 bridgehead atoms. The van der Waals surface area contributed by atoms with Gasteiger partial charge in [-0.05, 0) is 74.9 Å². The first-order valence-corrected chi connectivity index (χ1v) is 13.7. The number of carbonyl (C=O) groups is 1. The van der Waals surface area contributed by atoms with Crippen molar-refractivity contribution in [3.63, 3.8) is 0 Å². The summed E-state index contributed by atoms with van der Waals surface area (Å²) in [5, 5.41) is 1.19. The first-order chi connectivity index (χ1) is 17.5. The van der Waals surface area contributed by atoms with Gasteiger partial charge >= 0.3 is 5.97 Å². The molecule has 2 aromatic rings. The number of rotatable bonds is 9. The minimum Gasteiger partial charge on any atom is -0.493 e. The maximum atomic E-state index is 14.8. The molecule has 5 nitrogen and oxygen atoms in total. The smallest absolute Gasteiger partial charge is 0.341 e. The Morgan fingerprint density at radius 1 is 1.08 bits per heavy atom. The van der Waals surface area contributed by atoms with Crippen LogP contribution < -0.4 is 4.74 Å². The quantitative estimate of drug-likeness (QED) is 0.298. The molecule has 204 valence electrons. The molecule has 0 radical (unpaired) electrons. The van der Waals surface area contributed by atoms with Crippen molar-refractivity contribution in [2.75, 3.05) is 33.4 Å². The van der Waals surface area contributed by atoms with Gasteiger partial charge < -0.3 is 14.2 Å². The van der Waals surface area contributed by atoms with Crippen molar-refractivity contribution in [3.8, 4) is 5.75 Å². The van der Waals surface area contributed by atoms with E-state index in [1.54, 1.807) is 40.0 Å². The summed E-state index contributed by atoms with van der Waals surface area (Å²) < 4.78 is 31.8. The van der Waals surface area contributed by atoms with Crippen molar-refractivity contribution < 1.29 is 23.4 Å². The van der Waals surface area contributed by atoms with E-state index >= 15 is 0 Å². The van der Waals surface area contributed by atoms with E-state index in [0.717, 1.165) is 37.1 Å². The highest BCUT2D eigenvalue weighted by Gasteiger charge is 2.35. The molecule has 1 unspecified atom stereocenters. The monoisotopic (exact) mass is 553 g/mol. The number of hydrogen-bond donors (Lipinski definition) is 0. The molecule has 4 rings (SSSR count). The molecule has 37 heavy (non-hydrogen) atoms. The molecule has 2 aromatic carbocycles. The van der Waals surface area contributed by atoms with Gasteiger partial charge in [0.2, 0.25) is 0 Å². The number of ether oxygens (including phenoxy) is 3. The van der Waals surface area contributed by atoms with E-state index in [0.29, 0.717) is 40.8 Å². The van der Waals surface area contributed by atoms with Gasteiger partial charge in [0.05, 0.1) is 24.8 Å². The van der Waals surface area contributed by atoms with Crippen LogP contribution in [0, 0.1) is 11.7 Å². The van der Waals surface area contributed by atoms with Gasteiger partial charge in [0.15, 0.2) is 0 Å². The highest BCUT2D eigenvalue weighted by molar-refractivity contribution is 6.34. The molecule has 8 heteroatoms. The fourth-order valence-corrected chi connectivity index (χ4v) is 4.96. The number of hydrogen-bond acceptors (Lipinski definition) is 5. The van der Waals surface area contributed by atoms with Gasteiger partial charge in [-0.2, -0.15) is 0 Å². The standard InChI is InChI=1S/C27H32Cl2FNO4.C2H6/c1-27(2,3)35-26(32)22-10-21(17-5-6-17)25(11-23(22)30)34-14-16-12-31(13-16)24(15-33-4)18-7-19(28)9-20(29)8-18;1-2/h7-11,16-17,24H,5-6,12-15H2,1-4H3;1-2H3. The largest absolute Gasteiger partial charge is 0.493 e. The molecule has 0 amide bonds. The predicted molar refractivity (Wildman–Crippen MR) is 147 cm³/mol. The van der Waals surface area contributed by atoms with Crippen molar-refractivity contribution in [1.29, 1.82) is 0 Å². The minimum absolute atomic E-state index is 0.0356. The van der Waals surface area contributed by atoms with Crippen LogP contribution in [0.3, 0.4) is 0 Å². The molecule has 0 aromatic heterocycles. The van der Waals surface area contributed by atoms with Crippen LogP contribution in [0.4, 0.5) is 4.39 Å². The van der Waals surface area contributed by atoms with E-state index in [2.05, 4.69) is 4.90 Å². The summed E-state index contributed by atoms with van der Waals surface area (Å²) in [6, 6.07) is 8.54. The van der Waals surface area contributed by atoms with Crippen molar-refractivity contribution in [1.82, 2.24) is 4.90 Å². The number of halogens is 3. The van der Waals surface area contributed by atoms with E-state index in [9.17, 15) is 9.18 Å². The zero-order valence-electron chi connectivity index (χ0n) is 22.6. The lowest BCUT2D eigenvalue weighted by Gasteiger charge is -2.44. The Kier molecular flexibility index (Phi) is 10.3. The highest BCUT2D eigenvalue weighted by Crippen LogP contribution is 2.45. The van der Waals surface area contributed by atoms with Gasteiger partial charge in [0.25, 0.3) is 0 Å². The van der Waals surface area contributed by atoms with Crippen LogP contribution >= 0.6 is 23.2 Å². The lowest BCUT2D eigenvalue weighted by Crippen LogP contribution is -2.51. The third-order valence-corrected chi connectivity index (χ3v) is 6.67. The summed E-state index contributed by atoms with van der Waals surface area (Å²) in [5.41, 5.74) is 1.17. The SMILES string of the molecule is CC.COCC(c1cc(Cl)cc(Cl)c1)N1CC(COc2cc(F)c(C(=O)OC(C)(C)C)cc2C2CC2)C1. The second kappa shape index (κ2) is 12.8. The van der Waals surface area contributed by atoms with E-state index in [1.165, 1.54) is 6.07 Å². The molecule has 0 N–H and O–H groups in total. The third-order valence-electron chi connectivity index (χ3n) is 6.23. The molecule has 1 heterocycles. The Bertz CT molecular complexity index is 1060. The fourth-order valence-electron chi connectivity index (χ4n) is 4.41. The topological polar surface area (TPSA) is 48.0 Å². The summed E-state index contributed by atoms with van der Waals surface area (Å²) >= 11 is 12.4. The first-order valence-electron chi connectivity index (χ1n) is 12.9. The molecule has 0 spiro atoms. The number of likely N-dealkylation sites (tertiary alicyclic amines) is 1. The summed E-state index contributed by atoms with van der Waals surface area (Å²) in [7, 11) is 1.68. The van der Waals surface area contributed by atoms with Crippen molar-refractivity contribution in [3.05, 3.63) is 62.9 Å². The second-order valence-electron chi connectivity index (χ2n) is 10.5. The lowest BCUT2D eigenvalue weighted by molar-refractivity contribution is -0.00586. The van der Waals surface area contributed by atoms with Gasteiger partial charge in [-0.25, -0.2) is 9.18 Å². The zero-order chi connectivity index (χ0) is 27.3. The fraction of sp³-hybridized carbons (Fsp3) is 0.552. The molecular weight excluding hydrogens is 516 g/mol. The van der Waals surface area contributed by atoms with Crippen LogP contribution in [0.2, 0.25) is 10.0 Å². The van der Waals surface area contributed by atoms with Crippen molar-refractivity contribution in [2.24, 2.45) is 5.92 Å². The summed E-state index contributed by atoms with van der Waals surface area (Å²) in [4.78, 5) is 14.8. The summed E-state index contributed by atoms with van der Waals surface area (Å²) in [5.74, 6) is -0.158. The van der Waals surface area contributed by atoms with E-state index in [1.807, 2.05) is 26.0 Å². The maximum Gasteiger partial charge on any atom is 0.341 e. The van der Waals surface area contributed by atoms with Crippen molar-refractivity contribution in [2.45, 2.75) is 65.0 Å². The molecule has 1 saturated heterocycles. The Labute approximate surface area is 230 Å². The third kappa shape index (κ3) is 8.06. The number of nitrogens with zero attached hydrogens (tertiary/aromatic N) is 1. The van der Waals surface area contributed by atoms with Gasteiger partial charge in [-0.15, -0.1) is 0 Å². The number of benzene rings is 2. The molecule has 1 aliphatic heterocycles. The average molecular weight is 555 g/mol. The van der Waals surface area contributed by atoms with Crippen LogP contribution in [0.25, 0.3) is 0 Å². The van der Waals surface area contributed by atoms with Gasteiger partial charge in [0.1, 0.15) is 17.2 Å². The van der Waals surface area contributed by atoms with Crippen LogP contribution in [0.5, 0.6) is 5.75 Å². The van der Waals surface area contributed by atoms with Gasteiger partial charge in [0, 0.05) is 42.2 Å². The molecule has 2 aliphatic rings. The molecular formula is C29H38Cl2FNO4. The van der Waals surface area contributed by atoms with Crippen LogP contribution in [0.15, 0.2) is 30.3 Å². The van der Waals surface area contributed by atoms with E-state index in [-0.39, 0.29) is 11.6 Å². The maximum absolute atomic E-state index is 14.8. The normalized spacial score (nSPS) is 16.9. The molecule has 2 fully saturated rings. The second-order valence-corrected chi connectivity index (χ2v) is 11.3. The van der Waals surface area contributed by atoms with Gasteiger partial charge in [-0.1, -0.05) is 37.0 Å². The minimum atomic E-state index is -0.689. The van der Waals surface area contributed by atoms with E-state index in [4.69, 9.17) is 37.4 Å². The Morgan fingerprint density at radius 3 is 2.24 bits per heavy atom. The molecule has 1 saturated carbocycles. The van der Waals surface area contributed by atoms with Crippen LogP contribution in [-0.2, 0) is 9.47 Å². The first kappa shape index (κ1) is 29.7. The summed E-state index contributed by atoms with van der Waals surface area (Å²) in [6.45, 7) is 11.9. The predicted octanol–water partition coefficient (Wildman–Crippen LogP) is 7.69. The van der Waals surface area contributed by atoms with Crippen molar-refractivity contribution >= 4 is 29.2 Å². The molecule has 1 aliphatic carbocycles. The number of esters is 1. The highest BCUT2D eigenvalue weighted by atomic mass is 35.5. The van der Waals surface area contributed by atoms with Crippen LogP contribution in [0.1, 0.15) is 80.9 Å². The van der Waals surface area contributed by atoms with E-state index < -0.39 is 17.4 Å². The lowest BCUT2D eigenvalue weighted by atomic mass is 9.95. The average Bonchev–Trinajstić information content (AvgIpc) is 3.62. The number of methoxy groups -OCH3 is 1. The van der Waals surface area contributed by atoms with Gasteiger partial charge in [-0.3, -0.25) is 4.90 Å². The van der Waals surface area contributed by atoms with Crippen LogP contribution in [-0.4, -0.2) is 49.9 Å². The Hall–Kier alpha value is -1.86.